The fourth-order valence-electron chi connectivity index (χ4n) is 1.96. The molecule has 0 atom stereocenters. The molecule has 15 heavy (non-hydrogen) atoms. The number of nitrogens with zero attached hydrogens (tertiary/aromatic N) is 2. The highest BCUT2D eigenvalue weighted by molar-refractivity contribution is 5.86. The fourth-order valence-corrected chi connectivity index (χ4v) is 1.96. The number of carbonyl (C=O) groups is 1. The molecule has 3 nitrogen and oxygen atoms in total. The van der Waals surface area contributed by atoms with E-state index in [4.69, 9.17) is 5.26 Å². The van der Waals surface area contributed by atoms with Crippen LogP contribution in [-0.2, 0) is 4.79 Å². The molecule has 0 aromatic rings. The van der Waals surface area contributed by atoms with Crippen LogP contribution < -0.4 is 0 Å². The van der Waals surface area contributed by atoms with Crippen molar-refractivity contribution in [3.8, 4) is 6.07 Å². The van der Waals surface area contributed by atoms with E-state index in [-0.39, 0.29) is 5.91 Å². The summed E-state index contributed by atoms with van der Waals surface area (Å²) in [5.74, 6) is 0.0622. The van der Waals surface area contributed by atoms with Crippen LogP contribution >= 0.6 is 0 Å². The second-order valence-corrected chi connectivity index (χ2v) is 4.29. The molecule has 0 spiro atoms. The number of nitriles is 1. The van der Waals surface area contributed by atoms with Crippen molar-refractivity contribution in [2.24, 2.45) is 5.41 Å². The van der Waals surface area contributed by atoms with Crippen molar-refractivity contribution in [3.63, 3.8) is 0 Å². The fraction of sp³-hybridized carbons (Fsp3) is 0.833. The third-order valence-electron chi connectivity index (χ3n) is 3.28. The number of rotatable bonds is 5. The number of hydrogen-bond donors (Lipinski definition) is 0. The largest absolute Gasteiger partial charge is 0.342 e. The molecule has 1 saturated carbocycles. The van der Waals surface area contributed by atoms with Gasteiger partial charge in [0.1, 0.15) is 5.41 Å². The Morgan fingerprint density at radius 1 is 1.47 bits per heavy atom. The normalized spacial score (nSPS) is 17.7. The van der Waals surface area contributed by atoms with E-state index in [0.717, 1.165) is 45.2 Å². The smallest absolute Gasteiger partial charge is 0.243 e. The van der Waals surface area contributed by atoms with E-state index >= 15 is 0 Å². The van der Waals surface area contributed by atoms with Crippen molar-refractivity contribution >= 4 is 5.91 Å². The molecular formula is C12H20N2O. The summed E-state index contributed by atoms with van der Waals surface area (Å²) < 4.78 is 0. The minimum Gasteiger partial charge on any atom is -0.342 e. The maximum Gasteiger partial charge on any atom is 0.243 e. The van der Waals surface area contributed by atoms with E-state index in [9.17, 15) is 4.79 Å². The minimum atomic E-state index is -0.663. The van der Waals surface area contributed by atoms with E-state index in [1.165, 1.54) is 0 Å². The molecule has 0 N–H and O–H groups in total. The van der Waals surface area contributed by atoms with Crippen LogP contribution in [0.1, 0.15) is 46.0 Å². The zero-order chi connectivity index (χ0) is 11.3. The Balaban J connectivity index is 2.60. The number of amides is 1. The van der Waals surface area contributed by atoms with Crippen LogP contribution in [0, 0.1) is 16.7 Å². The average molecular weight is 208 g/mol. The predicted molar refractivity (Wildman–Crippen MR) is 59.1 cm³/mol. The van der Waals surface area contributed by atoms with Crippen molar-refractivity contribution in [3.05, 3.63) is 0 Å². The molecule has 1 fully saturated rings. The van der Waals surface area contributed by atoms with Gasteiger partial charge in [-0.25, -0.2) is 0 Å². The molecule has 0 aromatic heterocycles. The molecule has 1 amide bonds. The lowest BCUT2D eigenvalue weighted by molar-refractivity contribution is -0.142. The predicted octanol–water partition coefficient (Wildman–Crippen LogP) is 2.33. The first-order chi connectivity index (χ1) is 7.20. The van der Waals surface area contributed by atoms with Gasteiger partial charge in [-0.1, -0.05) is 13.3 Å². The van der Waals surface area contributed by atoms with E-state index in [2.05, 4.69) is 13.0 Å². The van der Waals surface area contributed by atoms with Gasteiger partial charge in [0.05, 0.1) is 6.07 Å². The summed E-state index contributed by atoms with van der Waals surface area (Å²) in [4.78, 5) is 14.0. The van der Waals surface area contributed by atoms with Crippen LogP contribution in [-0.4, -0.2) is 23.9 Å². The summed E-state index contributed by atoms with van der Waals surface area (Å²) in [7, 11) is 0. The van der Waals surface area contributed by atoms with Gasteiger partial charge in [-0.05, 0) is 32.6 Å². The lowest BCUT2D eigenvalue weighted by Crippen LogP contribution is -2.47. The van der Waals surface area contributed by atoms with Gasteiger partial charge in [-0.3, -0.25) is 4.79 Å². The van der Waals surface area contributed by atoms with Crippen LogP contribution in [0.25, 0.3) is 0 Å². The summed E-state index contributed by atoms with van der Waals surface area (Å²) in [5, 5.41) is 9.08. The number of carbonyl (C=O) groups excluding carboxylic acids is 1. The van der Waals surface area contributed by atoms with E-state index in [1.807, 2.05) is 11.8 Å². The van der Waals surface area contributed by atoms with E-state index < -0.39 is 5.41 Å². The zero-order valence-electron chi connectivity index (χ0n) is 9.75. The standard InChI is InChI=1S/C12H20N2O/c1-3-5-9-14(4-2)11(15)12(10-13)7-6-8-12/h3-9H2,1-2H3. The maximum atomic E-state index is 12.1. The Hall–Kier alpha value is -1.04. The minimum absolute atomic E-state index is 0.0622. The first-order valence-electron chi connectivity index (χ1n) is 5.91. The Bertz CT molecular complexity index is 263. The quantitative estimate of drug-likeness (QED) is 0.696. The second kappa shape index (κ2) is 5.16. The zero-order valence-corrected chi connectivity index (χ0v) is 9.75. The summed E-state index contributed by atoms with van der Waals surface area (Å²) in [6, 6.07) is 2.21. The van der Waals surface area contributed by atoms with Gasteiger partial charge < -0.3 is 4.90 Å². The molecule has 0 aromatic carbocycles. The lowest BCUT2D eigenvalue weighted by atomic mass is 9.69. The molecule has 3 heteroatoms. The van der Waals surface area contributed by atoms with Crippen molar-refractivity contribution in [1.82, 2.24) is 4.90 Å². The molecule has 0 unspecified atom stereocenters. The highest BCUT2D eigenvalue weighted by atomic mass is 16.2. The number of unbranched alkanes of at least 4 members (excludes halogenated alkanes) is 1. The molecular weight excluding hydrogens is 188 g/mol. The van der Waals surface area contributed by atoms with Crippen molar-refractivity contribution in [1.29, 1.82) is 5.26 Å². The Kier molecular flexibility index (Phi) is 4.14. The monoisotopic (exact) mass is 208 g/mol. The van der Waals surface area contributed by atoms with Gasteiger partial charge in [-0.15, -0.1) is 0 Å². The van der Waals surface area contributed by atoms with Crippen molar-refractivity contribution < 1.29 is 4.79 Å². The molecule has 0 radical (unpaired) electrons. The first kappa shape index (κ1) is 12.0. The molecule has 0 aliphatic heterocycles. The molecule has 0 bridgehead atoms. The van der Waals surface area contributed by atoms with E-state index in [0.29, 0.717) is 0 Å². The summed E-state index contributed by atoms with van der Waals surface area (Å²) >= 11 is 0. The third kappa shape index (κ3) is 2.31. The second-order valence-electron chi connectivity index (χ2n) is 4.29. The van der Waals surface area contributed by atoms with Crippen LogP contribution in [0.2, 0.25) is 0 Å². The highest BCUT2D eigenvalue weighted by Crippen LogP contribution is 2.41. The topological polar surface area (TPSA) is 44.1 Å². The Labute approximate surface area is 92.1 Å². The van der Waals surface area contributed by atoms with Gasteiger partial charge in [0.2, 0.25) is 5.91 Å². The van der Waals surface area contributed by atoms with Crippen molar-refractivity contribution in [2.45, 2.75) is 46.0 Å². The molecule has 1 aliphatic carbocycles. The van der Waals surface area contributed by atoms with Crippen LogP contribution in [0.3, 0.4) is 0 Å². The summed E-state index contributed by atoms with van der Waals surface area (Å²) in [6.45, 7) is 5.62. The molecule has 1 aliphatic rings. The Morgan fingerprint density at radius 2 is 2.13 bits per heavy atom. The third-order valence-corrected chi connectivity index (χ3v) is 3.28. The summed E-state index contributed by atoms with van der Waals surface area (Å²) in [6.07, 6.45) is 4.64. The maximum absolute atomic E-state index is 12.1. The molecule has 0 saturated heterocycles. The highest BCUT2D eigenvalue weighted by Gasteiger charge is 2.46. The van der Waals surface area contributed by atoms with Crippen LogP contribution in [0.4, 0.5) is 0 Å². The van der Waals surface area contributed by atoms with Gasteiger partial charge in [-0.2, -0.15) is 5.26 Å². The van der Waals surface area contributed by atoms with Crippen LogP contribution in [0.15, 0.2) is 0 Å². The van der Waals surface area contributed by atoms with Crippen LogP contribution in [0.5, 0.6) is 0 Å². The Morgan fingerprint density at radius 3 is 2.47 bits per heavy atom. The van der Waals surface area contributed by atoms with Gasteiger partial charge in [0.15, 0.2) is 0 Å². The molecule has 1 rings (SSSR count). The number of hydrogen-bond acceptors (Lipinski definition) is 2. The van der Waals surface area contributed by atoms with E-state index in [1.54, 1.807) is 0 Å². The average Bonchev–Trinajstić information content (AvgIpc) is 2.18. The summed E-state index contributed by atoms with van der Waals surface area (Å²) in [5.41, 5.74) is -0.663. The first-order valence-corrected chi connectivity index (χ1v) is 5.91. The van der Waals surface area contributed by atoms with Gasteiger partial charge in [0.25, 0.3) is 0 Å². The lowest BCUT2D eigenvalue weighted by Gasteiger charge is -2.37. The van der Waals surface area contributed by atoms with Gasteiger partial charge in [0, 0.05) is 13.1 Å². The molecule has 84 valence electrons. The van der Waals surface area contributed by atoms with Crippen molar-refractivity contribution in [2.75, 3.05) is 13.1 Å². The molecule has 0 heterocycles. The SMILES string of the molecule is CCCCN(CC)C(=O)C1(C#N)CCC1. The van der Waals surface area contributed by atoms with Gasteiger partial charge >= 0.3 is 0 Å².